The van der Waals surface area contributed by atoms with Crippen LogP contribution in [0.1, 0.15) is 25.7 Å². The van der Waals surface area contributed by atoms with Gasteiger partial charge in [-0.25, -0.2) is 4.98 Å². The summed E-state index contributed by atoms with van der Waals surface area (Å²) in [7, 11) is 3.48. The average Bonchev–Trinajstić information content (AvgIpc) is 2.56. The van der Waals surface area contributed by atoms with Crippen molar-refractivity contribution in [1.82, 2.24) is 15.2 Å². The van der Waals surface area contributed by atoms with Crippen molar-refractivity contribution in [3.05, 3.63) is 23.4 Å². The Morgan fingerprint density at radius 2 is 1.79 bits per heavy atom. The van der Waals surface area contributed by atoms with Gasteiger partial charge in [0.25, 0.3) is 0 Å². The Balaban J connectivity index is 1.79. The molecular formula is C16H21ClN4O3. The molecule has 1 fully saturated rings. The Labute approximate surface area is 145 Å². The van der Waals surface area contributed by atoms with Gasteiger partial charge in [-0.15, -0.1) is 0 Å². The molecule has 1 heterocycles. The molecular weight excluding hydrogens is 332 g/mol. The third-order valence-corrected chi connectivity index (χ3v) is 4.25. The molecule has 0 aliphatic heterocycles. The van der Waals surface area contributed by atoms with Crippen molar-refractivity contribution in [2.24, 2.45) is 5.92 Å². The van der Waals surface area contributed by atoms with E-state index in [9.17, 15) is 14.4 Å². The average molecular weight is 353 g/mol. The minimum Gasteiger partial charge on any atom is -0.349 e. The number of nitrogens with one attached hydrogen (secondary N) is 2. The Hall–Kier alpha value is -2.15. The number of nitrogens with zero attached hydrogens (tertiary/aromatic N) is 2. The van der Waals surface area contributed by atoms with Crippen LogP contribution in [0.25, 0.3) is 0 Å². The number of carbonyl (C=O) groups excluding carboxylic acids is 3. The van der Waals surface area contributed by atoms with E-state index in [2.05, 4.69) is 15.6 Å². The maximum atomic E-state index is 12.0. The van der Waals surface area contributed by atoms with Gasteiger partial charge in [0.05, 0.1) is 5.02 Å². The first-order valence-corrected chi connectivity index (χ1v) is 8.19. The van der Waals surface area contributed by atoms with Crippen molar-refractivity contribution in [3.63, 3.8) is 0 Å². The van der Waals surface area contributed by atoms with Crippen molar-refractivity contribution < 1.29 is 14.4 Å². The third-order valence-electron chi connectivity index (χ3n) is 4.03. The van der Waals surface area contributed by atoms with Gasteiger partial charge >= 0.3 is 11.8 Å². The van der Waals surface area contributed by atoms with Crippen molar-refractivity contribution in [2.75, 3.05) is 19.4 Å². The maximum Gasteiger partial charge on any atom is 0.314 e. The molecule has 0 radical (unpaired) electrons. The Bertz CT molecular complexity index is 610. The van der Waals surface area contributed by atoms with E-state index in [1.54, 1.807) is 25.1 Å². The molecule has 2 N–H and O–H groups in total. The number of pyridine rings is 1. The van der Waals surface area contributed by atoms with Crippen LogP contribution in [0.2, 0.25) is 5.02 Å². The molecule has 0 spiro atoms. The first kappa shape index (κ1) is 18.2. The van der Waals surface area contributed by atoms with Gasteiger partial charge in [-0.05, 0) is 37.8 Å². The van der Waals surface area contributed by atoms with E-state index in [-0.39, 0.29) is 23.7 Å². The predicted molar refractivity (Wildman–Crippen MR) is 90.5 cm³/mol. The van der Waals surface area contributed by atoms with E-state index in [0.717, 1.165) is 0 Å². The van der Waals surface area contributed by atoms with Crippen LogP contribution >= 0.6 is 11.6 Å². The quantitative estimate of drug-likeness (QED) is 0.805. The summed E-state index contributed by atoms with van der Waals surface area (Å²) in [6.45, 7) is 0. The molecule has 1 aliphatic carbocycles. The summed E-state index contributed by atoms with van der Waals surface area (Å²) in [6.07, 6.45) is 4.17. The number of amides is 3. The molecule has 0 bridgehead atoms. The molecule has 24 heavy (non-hydrogen) atoms. The summed E-state index contributed by atoms with van der Waals surface area (Å²) in [6, 6.07) is 3.00. The highest BCUT2D eigenvalue weighted by Gasteiger charge is 2.29. The summed E-state index contributed by atoms with van der Waals surface area (Å²) in [5.41, 5.74) is 0. The van der Waals surface area contributed by atoms with E-state index in [1.807, 2.05) is 0 Å². The first-order chi connectivity index (χ1) is 11.4. The molecule has 0 saturated heterocycles. The molecule has 1 aromatic rings. The summed E-state index contributed by atoms with van der Waals surface area (Å²) in [4.78, 5) is 41.3. The number of hydrogen-bond donors (Lipinski definition) is 2. The fourth-order valence-corrected chi connectivity index (χ4v) is 2.84. The lowest BCUT2D eigenvalue weighted by Crippen LogP contribution is -2.44. The van der Waals surface area contributed by atoms with Crippen LogP contribution in [0, 0.1) is 5.92 Å². The van der Waals surface area contributed by atoms with Gasteiger partial charge in [-0.3, -0.25) is 14.4 Å². The fraction of sp³-hybridized carbons (Fsp3) is 0.500. The van der Waals surface area contributed by atoms with Crippen molar-refractivity contribution in [3.8, 4) is 0 Å². The molecule has 3 amide bonds. The van der Waals surface area contributed by atoms with Crippen LogP contribution in [0.5, 0.6) is 0 Å². The summed E-state index contributed by atoms with van der Waals surface area (Å²) < 4.78 is 0. The predicted octanol–water partition coefficient (Wildman–Crippen LogP) is 1.44. The van der Waals surface area contributed by atoms with Gasteiger partial charge in [0.15, 0.2) is 0 Å². The van der Waals surface area contributed by atoms with E-state index < -0.39 is 11.8 Å². The van der Waals surface area contributed by atoms with E-state index >= 15 is 0 Å². The van der Waals surface area contributed by atoms with Crippen molar-refractivity contribution in [1.29, 1.82) is 0 Å². The number of anilines is 1. The largest absolute Gasteiger partial charge is 0.349 e. The second-order valence-electron chi connectivity index (χ2n) is 6.07. The number of carbonyl (C=O) groups is 3. The third kappa shape index (κ3) is 4.92. The lowest BCUT2D eigenvalue weighted by Gasteiger charge is -2.29. The summed E-state index contributed by atoms with van der Waals surface area (Å²) in [5.74, 6) is -1.09. The standard InChI is InChI=1S/C16H21ClN4O3/c1-21(2)16(24)10-3-6-12(7-4-10)19-14(22)15(23)20-13-8-5-11(17)9-18-13/h5,8-10,12H,3-4,6-7H2,1-2H3,(H,19,22)(H,18,20,23). The second kappa shape index (κ2) is 8.10. The molecule has 1 saturated carbocycles. The zero-order valence-corrected chi connectivity index (χ0v) is 14.5. The second-order valence-corrected chi connectivity index (χ2v) is 6.51. The molecule has 7 nitrogen and oxygen atoms in total. The van der Waals surface area contributed by atoms with Crippen LogP contribution in [0.4, 0.5) is 5.82 Å². The lowest BCUT2D eigenvalue weighted by atomic mass is 9.85. The van der Waals surface area contributed by atoms with Crippen LogP contribution in [-0.4, -0.2) is 47.7 Å². The van der Waals surface area contributed by atoms with Crippen LogP contribution in [0.3, 0.4) is 0 Å². The van der Waals surface area contributed by atoms with Crippen molar-refractivity contribution >= 4 is 35.1 Å². The minimum absolute atomic E-state index is 0.000228. The van der Waals surface area contributed by atoms with Gasteiger partial charge in [0.1, 0.15) is 5.82 Å². The van der Waals surface area contributed by atoms with Crippen molar-refractivity contribution in [2.45, 2.75) is 31.7 Å². The molecule has 0 unspecified atom stereocenters. The van der Waals surface area contributed by atoms with Crippen LogP contribution < -0.4 is 10.6 Å². The molecule has 0 aromatic carbocycles. The smallest absolute Gasteiger partial charge is 0.314 e. The van der Waals surface area contributed by atoms with Gasteiger partial charge in [0.2, 0.25) is 5.91 Å². The summed E-state index contributed by atoms with van der Waals surface area (Å²) in [5, 5.41) is 5.57. The molecule has 1 aromatic heterocycles. The lowest BCUT2D eigenvalue weighted by molar-refractivity contribution is -0.137. The fourth-order valence-electron chi connectivity index (χ4n) is 2.72. The first-order valence-electron chi connectivity index (χ1n) is 7.81. The highest BCUT2D eigenvalue weighted by molar-refractivity contribution is 6.39. The van der Waals surface area contributed by atoms with Gasteiger partial charge in [0, 0.05) is 32.3 Å². The number of aromatic nitrogens is 1. The van der Waals surface area contributed by atoms with Crippen LogP contribution in [0.15, 0.2) is 18.3 Å². The maximum absolute atomic E-state index is 12.0. The molecule has 2 rings (SSSR count). The van der Waals surface area contributed by atoms with E-state index in [4.69, 9.17) is 11.6 Å². The number of halogens is 1. The Morgan fingerprint density at radius 1 is 1.12 bits per heavy atom. The highest BCUT2D eigenvalue weighted by Crippen LogP contribution is 2.25. The highest BCUT2D eigenvalue weighted by atomic mass is 35.5. The molecule has 130 valence electrons. The van der Waals surface area contributed by atoms with Gasteiger partial charge in [-0.1, -0.05) is 11.6 Å². The SMILES string of the molecule is CN(C)C(=O)C1CCC(NC(=O)C(=O)Nc2ccc(Cl)cn2)CC1. The zero-order valence-electron chi connectivity index (χ0n) is 13.7. The monoisotopic (exact) mass is 352 g/mol. The molecule has 0 atom stereocenters. The summed E-state index contributed by atoms with van der Waals surface area (Å²) >= 11 is 5.71. The van der Waals surface area contributed by atoms with E-state index in [0.29, 0.717) is 30.7 Å². The topological polar surface area (TPSA) is 91.4 Å². The van der Waals surface area contributed by atoms with Gasteiger partial charge < -0.3 is 15.5 Å². The molecule has 8 heteroatoms. The number of hydrogen-bond acceptors (Lipinski definition) is 4. The van der Waals surface area contributed by atoms with Crippen LogP contribution in [-0.2, 0) is 14.4 Å². The normalized spacial score (nSPS) is 20.1. The number of rotatable bonds is 3. The zero-order chi connectivity index (χ0) is 17.7. The van der Waals surface area contributed by atoms with Gasteiger partial charge in [-0.2, -0.15) is 0 Å². The van der Waals surface area contributed by atoms with E-state index in [1.165, 1.54) is 12.3 Å². The Morgan fingerprint density at radius 3 is 2.33 bits per heavy atom. The minimum atomic E-state index is -0.767. The Kier molecular flexibility index (Phi) is 6.14. The molecule has 1 aliphatic rings.